The summed E-state index contributed by atoms with van der Waals surface area (Å²) in [5.74, 6) is 0.109. The van der Waals surface area contributed by atoms with Crippen molar-refractivity contribution in [1.29, 1.82) is 0 Å². The summed E-state index contributed by atoms with van der Waals surface area (Å²) in [4.78, 5) is 25.3. The Morgan fingerprint density at radius 2 is 2.09 bits per heavy atom. The summed E-state index contributed by atoms with van der Waals surface area (Å²) in [5.41, 5.74) is 1.08. The highest BCUT2D eigenvalue weighted by Gasteiger charge is 2.59. The molecule has 1 aliphatic carbocycles. The predicted molar refractivity (Wildman–Crippen MR) is 85.3 cm³/mol. The molecule has 23 heavy (non-hydrogen) atoms. The van der Waals surface area contributed by atoms with Crippen molar-refractivity contribution in [3.8, 4) is 5.75 Å². The third-order valence-corrected chi connectivity index (χ3v) is 5.36. The van der Waals surface area contributed by atoms with E-state index in [0.29, 0.717) is 25.9 Å². The van der Waals surface area contributed by atoms with Crippen LogP contribution in [0.15, 0.2) is 24.3 Å². The number of aryl methyl sites for hydroxylation is 1. The number of carbonyl (C=O) groups excluding carboxylic acids is 1. The van der Waals surface area contributed by atoms with Crippen molar-refractivity contribution >= 4 is 11.9 Å². The van der Waals surface area contributed by atoms with Gasteiger partial charge >= 0.3 is 5.97 Å². The van der Waals surface area contributed by atoms with Crippen LogP contribution in [0.5, 0.6) is 5.75 Å². The van der Waals surface area contributed by atoms with Gasteiger partial charge in [0, 0.05) is 19.5 Å². The fourth-order valence-electron chi connectivity index (χ4n) is 3.69. The second-order valence-corrected chi connectivity index (χ2v) is 6.69. The van der Waals surface area contributed by atoms with Crippen LogP contribution in [-0.4, -0.2) is 42.1 Å². The third-order valence-electron chi connectivity index (χ3n) is 5.36. The van der Waals surface area contributed by atoms with Crippen LogP contribution in [0.25, 0.3) is 0 Å². The lowest BCUT2D eigenvalue weighted by molar-refractivity contribution is -0.139. The van der Waals surface area contributed by atoms with Crippen LogP contribution in [0, 0.1) is 11.3 Å². The molecule has 2 aliphatic rings. The number of carboxylic acids is 1. The molecule has 5 nitrogen and oxygen atoms in total. The summed E-state index contributed by atoms with van der Waals surface area (Å²) in [6.07, 6.45) is 3.63. The Morgan fingerprint density at radius 3 is 2.70 bits per heavy atom. The zero-order valence-corrected chi connectivity index (χ0v) is 13.5. The molecule has 3 rings (SSSR count). The molecule has 1 atom stereocenters. The van der Waals surface area contributed by atoms with Crippen LogP contribution in [0.3, 0.4) is 0 Å². The first-order valence-electron chi connectivity index (χ1n) is 8.18. The number of amides is 1. The molecule has 0 radical (unpaired) electrons. The van der Waals surface area contributed by atoms with Crippen LogP contribution in [-0.2, 0) is 16.0 Å². The molecule has 1 saturated carbocycles. The first kappa shape index (κ1) is 15.8. The van der Waals surface area contributed by atoms with Crippen molar-refractivity contribution in [2.24, 2.45) is 11.3 Å². The molecule has 1 aliphatic heterocycles. The van der Waals surface area contributed by atoms with Crippen LogP contribution in [0.2, 0.25) is 0 Å². The quantitative estimate of drug-likeness (QED) is 0.905. The first-order valence-corrected chi connectivity index (χ1v) is 8.18. The zero-order chi connectivity index (χ0) is 16.4. The number of likely N-dealkylation sites (tertiary alicyclic amines) is 1. The molecule has 1 unspecified atom stereocenters. The number of nitrogens with zero attached hydrogens (tertiary/aromatic N) is 1. The van der Waals surface area contributed by atoms with Gasteiger partial charge in [-0.1, -0.05) is 12.1 Å². The van der Waals surface area contributed by atoms with E-state index in [0.717, 1.165) is 30.6 Å². The lowest BCUT2D eigenvalue weighted by atomic mass is 9.90. The van der Waals surface area contributed by atoms with E-state index in [1.165, 1.54) is 0 Å². The monoisotopic (exact) mass is 317 g/mol. The number of piperidine rings is 1. The van der Waals surface area contributed by atoms with Crippen molar-refractivity contribution in [2.45, 2.75) is 32.1 Å². The molecule has 1 heterocycles. The molecular weight excluding hydrogens is 294 g/mol. The Hall–Kier alpha value is -2.04. The molecule has 1 spiro atoms. The van der Waals surface area contributed by atoms with Crippen molar-refractivity contribution < 1.29 is 19.4 Å². The van der Waals surface area contributed by atoms with Gasteiger partial charge in [0.15, 0.2) is 0 Å². The van der Waals surface area contributed by atoms with Crippen molar-refractivity contribution in [3.05, 3.63) is 29.8 Å². The van der Waals surface area contributed by atoms with Crippen LogP contribution < -0.4 is 4.74 Å². The van der Waals surface area contributed by atoms with Crippen LogP contribution >= 0.6 is 0 Å². The molecule has 0 bridgehead atoms. The highest BCUT2D eigenvalue weighted by molar-refractivity contribution is 5.77. The molecule has 1 saturated heterocycles. The van der Waals surface area contributed by atoms with E-state index in [2.05, 4.69) is 0 Å². The van der Waals surface area contributed by atoms with Crippen molar-refractivity contribution in [3.63, 3.8) is 0 Å². The number of benzene rings is 1. The highest BCUT2D eigenvalue weighted by atomic mass is 16.5. The molecule has 124 valence electrons. The zero-order valence-electron chi connectivity index (χ0n) is 13.5. The normalized spacial score (nSPS) is 22.0. The predicted octanol–water partition coefficient (Wildman–Crippen LogP) is 2.34. The second kappa shape index (κ2) is 6.22. The Balaban J connectivity index is 1.47. The van der Waals surface area contributed by atoms with Gasteiger partial charge in [0.05, 0.1) is 13.0 Å². The number of hydrogen-bond donors (Lipinski definition) is 1. The SMILES string of the molecule is COc1cccc(CCC(=O)N2CCC3(CC2)CC3C(=O)O)c1. The number of ether oxygens (including phenoxy) is 1. The number of carbonyl (C=O) groups is 2. The molecule has 0 aromatic heterocycles. The number of methoxy groups -OCH3 is 1. The van der Waals surface area contributed by atoms with E-state index in [4.69, 9.17) is 9.84 Å². The molecule has 5 heteroatoms. The van der Waals surface area contributed by atoms with Gasteiger partial charge in [-0.2, -0.15) is 0 Å². The van der Waals surface area contributed by atoms with Gasteiger partial charge in [-0.25, -0.2) is 0 Å². The summed E-state index contributed by atoms with van der Waals surface area (Å²) < 4.78 is 5.19. The van der Waals surface area contributed by atoms with Gasteiger partial charge in [0.1, 0.15) is 5.75 Å². The van der Waals surface area contributed by atoms with E-state index in [-0.39, 0.29) is 17.2 Å². The Labute approximate surface area is 136 Å². The Kier molecular flexibility index (Phi) is 4.28. The molecule has 2 fully saturated rings. The minimum Gasteiger partial charge on any atom is -0.497 e. The van der Waals surface area contributed by atoms with Gasteiger partial charge in [0.25, 0.3) is 0 Å². The number of carboxylic acid groups (broad SMARTS) is 1. The number of hydrogen-bond acceptors (Lipinski definition) is 3. The van der Waals surface area contributed by atoms with E-state index in [1.54, 1.807) is 7.11 Å². The molecule has 1 aromatic carbocycles. The van der Waals surface area contributed by atoms with E-state index in [1.807, 2.05) is 29.2 Å². The average Bonchev–Trinajstić information content (AvgIpc) is 3.27. The Morgan fingerprint density at radius 1 is 1.35 bits per heavy atom. The molecule has 1 N–H and O–H groups in total. The van der Waals surface area contributed by atoms with Gasteiger partial charge in [-0.15, -0.1) is 0 Å². The van der Waals surface area contributed by atoms with Gasteiger partial charge in [-0.3, -0.25) is 9.59 Å². The van der Waals surface area contributed by atoms with E-state index >= 15 is 0 Å². The third kappa shape index (κ3) is 3.33. The first-order chi connectivity index (χ1) is 11.0. The summed E-state index contributed by atoms with van der Waals surface area (Å²) in [5, 5.41) is 9.11. The maximum absolute atomic E-state index is 12.4. The summed E-state index contributed by atoms with van der Waals surface area (Å²) in [6, 6.07) is 7.79. The topological polar surface area (TPSA) is 66.8 Å². The Bertz CT molecular complexity index is 605. The molecule has 1 aromatic rings. The maximum Gasteiger partial charge on any atom is 0.307 e. The lowest BCUT2D eigenvalue weighted by Crippen LogP contribution is -2.40. The van der Waals surface area contributed by atoms with Crippen LogP contribution in [0.4, 0.5) is 0 Å². The van der Waals surface area contributed by atoms with Crippen molar-refractivity contribution in [2.75, 3.05) is 20.2 Å². The van der Waals surface area contributed by atoms with Gasteiger partial charge in [-0.05, 0) is 48.8 Å². The second-order valence-electron chi connectivity index (χ2n) is 6.69. The fraction of sp³-hybridized carbons (Fsp3) is 0.556. The summed E-state index contributed by atoms with van der Waals surface area (Å²) in [7, 11) is 1.64. The lowest BCUT2D eigenvalue weighted by Gasteiger charge is -2.32. The summed E-state index contributed by atoms with van der Waals surface area (Å²) in [6.45, 7) is 1.39. The maximum atomic E-state index is 12.4. The fourth-order valence-corrected chi connectivity index (χ4v) is 3.69. The van der Waals surface area contributed by atoms with E-state index in [9.17, 15) is 9.59 Å². The smallest absolute Gasteiger partial charge is 0.307 e. The highest BCUT2D eigenvalue weighted by Crippen LogP contribution is 2.59. The summed E-state index contributed by atoms with van der Waals surface area (Å²) >= 11 is 0. The minimum atomic E-state index is -0.678. The van der Waals surface area contributed by atoms with Crippen molar-refractivity contribution in [1.82, 2.24) is 4.90 Å². The molecular formula is C18H23NO4. The minimum absolute atomic E-state index is 0.0184. The van der Waals surface area contributed by atoms with Gasteiger partial charge in [0.2, 0.25) is 5.91 Å². The number of rotatable bonds is 5. The average molecular weight is 317 g/mol. The largest absolute Gasteiger partial charge is 0.497 e. The van der Waals surface area contributed by atoms with Gasteiger partial charge < -0.3 is 14.7 Å². The van der Waals surface area contributed by atoms with Crippen LogP contribution in [0.1, 0.15) is 31.2 Å². The number of aliphatic carboxylic acids is 1. The standard InChI is InChI=1S/C18H23NO4/c1-23-14-4-2-3-13(11-14)5-6-16(20)19-9-7-18(8-10-19)12-15(18)17(21)22/h2-4,11,15H,5-10,12H2,1H3,(H,21,22). The van der Waals surface area contributed by atoms with E-state index < -0.39 is 5.97 Å². The molecule has 1 amide bonds.